The summed E-state index contributed by atoms with van der Waals surface area (Å²) in [6.45, 7) is 2.03. The van der Waals surface area contributed by atoms with Gasteiger partial charge in [-0.25, -0.2) is 14.8 Å². The van der Waals surface area contributed by atoms with E-state index >= 15 is 0 Å². The smallest absolute Gasteiger partial charge is 0.338 e. The van der Waals surface area contributed by atoms with E-state index in [-0.39, 0.29) is 23.6 Å². The normalized spacial score (nSPS) is 25.8. The van der Waals surface area contributed by atoms with Crippen LogP contribution in [0.5, 0.6) is 0 Å². The van der Waals surface area contributed by atoms with Crippen LogP contribution in [0.15, 0.2) is 53.9 Å². The van der Waals surface area contributed by atoms with E-state index in [1.807, 2.05) is 39.2 Å². The second-order valence-electron chi connectivity index (χ2n) is 6.47. The van der Waals surface area contributed by atoms with Crippen molar-refractivity contribution in [2.75, 3.05) is 14.1 Å². The van der Waals surface area contributed by atoms with Gasteiger partial charge in [-0.2, -0.15) is 0 Å². The summed E-state index contributed by atoms with van der Waals surface area (Å²) >= 11 is 1.39. The largest absolute Gasteiger partial charge is 0.453 e. The van der Waals surface area contributed by atoms with E-state index in [4.69, 9.17) is 9.47 Å². The Morgan fingerprint density at radius 1 is 1.19 bits per heavy atom. The number of hydrogen-bond donors (Lipinski definition) is 0. The predicted octanol–water partition coefficient (Wildman–Crippen LogP) is 2.86. The van der Waals surface area contributed by atoms with Gasteiger partial charge in [-0.1, -0.05) is 30.0 Å². The van der Waals surface area contributed by atoms with Gasteiger partial charge < -0.3 is 14.4 Å². The van der Waals surface area contributed by atoms with Crippen molar-refractivity contribution in [1.29, 1.82) is 0 Å². The Kier molecular flexibility index (Phi) is 6.24. The van der Waals surface area contributed by atoms with E-state index in [0.29, 0.717) is 10.7 Å². The van der Waals surface area contributed by atoms with Crippen LogP contribution in [0.2, 0.25) is 0 Å². The Morgan fingerprint density at radius 2 is 1.88 bits per heavy atom. The number of ether oxygens (including phenoxy) is 2. The van der Waals surface area contributed by atoms with Gasteiger partial charge >= 0.3 is 5.97 Å². The van der Waals surface area contributed by atoms with Crippen molar-refractivity contribution in [3.63, 3.8) is 0 Å². The zero-order chi connectivity index (χ0) is 18.5. The van der Waals surface area contributed by atoms with Crippen molar-refractivity contribution in [2.45, 2.75) is 42.2 Å². The van der Waals surface area contributed by atoms with Gasteiger partial charge in [0.25, 0.3) is 0 Å². The number of nitrogens with zero attached hydrogens (tertiary/aromatic N) is 3. The van der Waals surface area contributed by atoms with E-state index in [1.165, 1.54) is 11.8 Å². The molecule has 26 heavy (non-hydrogen) atoms. The van der Waals surface area contributed by atoms with Gasteiger partial charge in [0.15, 0.2) is 11.3 Å². The first-order chi connectivity index (χ1) is 12.5. The van der Waals surface area contributed by atoms with E-state index in [9.17, 15) is 4.79 Å². The van der Waals surface area contributed by atoms with Crippen LogP contribution in [-0.4, -0.2) is 58.6 Å². The topological polar surface area (TPSA) is 64.5 Å². The van der Waals surface area contributed by atoms with Crippen LogP contribution in [0.1, 0.15) is 23.7 Å². The number of benzene rings is 1. The molecule has 2 heterocycles. The number of thioether (sulfide) groups is 1. The Morgan fingerprint density at radius 3 is 2.54 bits per heavy atom. The molecule has 6 nitrogen and oxygen atoms in total. The van der Waals surface area contributed by atoms with E-state index in [0.717, 1.165) is 6.42 Å². The summed E-state index contributed by atoms with van der Waals surface area (Å²) in [4.78, 5) is 23.2. The van der Waals surface area contributed by atoms with Crippen LogP contribution in [0.25, 0.3) is 0 Å². The van der Waals surface area contributed by atoms with Gasteiger partial charge in [0, 0.05) is 12.4 Å². The molecule has 0 N–H and O–H groups in total. The fraction of sp³-hybridized carbons (Fsp3) is 0.421. The van der Waals surface area contributed by atoms with Gasteiger partial charge in [-0.3, -0.25) is 0 Å². The number of carbonyl (C=O) groups is 1. The van der Waals surface area contributed by atoms with Crippen molar-refractivity contribution in [2.24, 2.45) is 0 Å². The highest BCUT2D eigenvalue weighted by molar-refractivity contribution is 7.99. The molecule has 1 aromatic heterocycles. The third kappa shape index (κ3) is 4.60. The molecule has 1 aromatic carbocycles. The Hall–Kier alpha value is -1.96. The molecular weight excluding hydrogens is 350 g/mol. The van der Waals surface area contributed by atoms with Gasteiger partial charge in [-0.15, -0.1) is 0 Å². The van der Waals surface area contributed by atoms with Crippen LogP contribution in [0, 0.1) is 0 Å². The minimum atomic E-state index is -0.428. The first-order valence-electron chi connectivity index (χ1n) is 8.56. The fourth-order valence-corrected chi connectivity index (χ4v) is 4.03. The molecule has 0 aliphatic carbocycles. The number of carbonyl (C=O) groups excluding carboxylic acids is 1. The molecule has 1 aliphatic rings. The molecule has 4 atom stereocenters. The maximum absolute atomic E-state index is 12.6. The minimum absolute atomic E-state index is 0.0487. The third-order valence-corrected chi connectivity index (χ3v) is 5.30. The number of rotatable bonds is 5. The summed E-state index contributed by atoms with van der Waals surface area (Å²) in [5.74, 6) is -0.347. The second-order valence-corrected chi connectivity index (χ2v) is 7.53. The van der Waals surface area contributed by atoms with Crippen molar-refractivity contribution >= 4 is 17.7 Å². The molecule has 7 heteroatoms. The van der Waals surface area contributed by atoms with Crippen LogP contribution in [0.4, 0.5) is 0 Å². The van der Waals surface area contributed by atoms with E-state index in [1.54, 1.807) is 30.6 Å². The highest BCUT2D eigenvalue weighted by Gasteiger charge is 2.42. The lowest BCUT2D eigenvalue weighted by atomic mass is 10.00. The van der Waals surface area contributed by atoms with Crippen molar-refractivity contribution in [3.05, 3.63) is 54.4 Å². The van der Waals surface area contributed by atoms with Crippen molar-refractivity contribution in [1.82, 2.24) is 14.9 Å². The molecule has 0 saturated carbocycles. The van der Waals surface area contributed by atoms with Crippen LogP contribution >= 0.6 is 11.8 Å². The maximum atomic E-state index is 12.6. The summed E-state index contributed by atoms with van der Waals surface area (Å²) in [5, 5.41) is 0.602. The molecule has 1 unspecified atom stereocenters. The highest BCUT2D eigenvalue weighted by atomic mass is 32.2. The summed E-state index contributed by atoms with van der Waals surface area (Å²) < 4.78 is 12.0. The summed E-state index contributed by atoms with van der Waals surface area (Å²) in [6, 6.07) is 10.8. The van der Waals surface area contributed by atoms with Crippen LogP contribution in [-0.2, 0) is 9.47 Å². The average Bonchev–Trinajstić information content (AvgIpc) is 2.65. The summed E-state index contributed by atoms with van der Waals surface area (Å²) in [5.41, 5.74) is 0.157. The number of esters is 1. The number of likely N-dealkylation sites (N-methyl/N-ethyl adjacent to an activating group) is 1. The molecule has 138 valence electrons. The number of hydrogen-bond acceptors (Lipinski definition) is 7. The Bertz CT molecular complexity index is 714. The standard InChI is InChI=1S/C19H23N3O3S/c1-13-12-15(22(2)3)16(25-17(23)14-8-5-4-6-9-14)18(24-13)26-19-20-10-7-11-21-19/h4-11,13,15-16,18H,12H2,1-3H3/t13-,15+,16-,18?/m1/s1. The Labute approximate surface area is 157 Å². The van der Waals surface area contributed by atoms with Gasteiger partial charge in [0.2, 0.25) is 0 Å². The SMILES string of the molecule is C[C@@H]1C[C@H](N(C)C)[C@@H](OC(=O)c2ccccc2)C(Sc2ncccn2)O1. The lowest BCUT2D eigenvalue weighted by molar-refractivity contribution is -0.111. The maximum Gasteiger partial charge on any atom is 0.338 e. The quantitative estimate of drug-likeness (QED) is 0.590. The van der Waals surface area contributed by atoms with Gasteiger partial charge in [0.1, 0.15) is 5.44 Å². The molecule has 0 spiro atoms. The first kappa shape index (κ1) is 18.8. The molecule has 1 aliphatic heterocycles. The molecule has 1 saturated heterocycles. The first-order valence-corrected chi connectivity index (χ1v) is 9.44. The van der Waals surface area contributed by atoms with Gasteiger partial charge in [-0.05, 0) is 45.6 Å². The molecule has 0 bridgehead atoms. The zero-order valence-electron chi connectivity index (χ0n) is 15.1. The lowest BCUT2D eigenvalue weighted by Gasteiger charge is -2.42. The van der Waals surface area contributed by atoms with E-state index in [2.05, 4.69) is 14.9 Å². The molecule has 0 amide bonds. The predicted molar refractivity (Wildman–Crippen MR) is 100.0 cm³/mol. The molecular formula is C19H23N3O3S. The van der Waals surface area contributed by atoms with E-state index < -0.39 is 6.10 Å². The van der Waals surface area contributed by atoms with Gasteiger partial charge in [0.05, 0.1) is 17.7 Å². The molecule has 3 rings (SSSR count). The summed E-state index contributed by atoms with van der Waals surface area (Å²) in [6.07, 6.45) is 3.79. The lowest BCUT2D eigenvalue weighted by Crippen LogP contribution is -2.54. The van der Waals surface area contributed by atoms with Crippen LogP contribution < -0.4 is 0 Å². The monoisotopic (exact) mass is 373 g/mol. The second kappa shape index (κ2) is 8.62. The average molecular weight is 373 g/mol. The van der Waals surface area contributed by atoms with Crippen molar-refractivity contribution in [3.8, 4) is 0 Å². The highest BCUT2D eigenvalue weighted by Crippen LogP contribution is 2.34. The van der Waals surface area contributed by atoms with Crippen molar-refractivity contribution < 1.29 is 14.3 Å². The fourth-order valence-electron chi connectivity index (χ4n) is 2.97. The molecule has 1 fully saturated rings. The molecule has 2 aromatic rings. The minimum Gasteiger partial charge on any atom is -0.453 e. The van der Waals surface area contributed by atoms with Crippen LogP contribution in [0.3, 0.4) is 0 Å². The summed E-state index contributed by atoms with van der Waals surface area (Å²) in [7, 11) is 3.99. The number of aromatic nitrogens is 2. The molecule has 0 radical (unpaired) electrons. The third-order valence-electron chi connectivity index (χ3n) is 4.27. The zero-order valence-corrected chi connectivity index (χ0v) is 15.9. The Balaban J connectivity index is 1.82.